The summed E-state index contributed by atoms with van der Waals surface area (Å²) in [6.45, 7) is 2.43. The van der Waals surface area contributed by atoms with E-state index in [-0.39, 0.29) is 11.5 Å². The fourth-order valence-corrected chi connectivity index (χ4v) is 2.70. The van der Waals surface area contributed by atoms with E-state index in [1.54, 1.807) is 11.7 Å². The molecule has 21 heavy (non-hydrogen) atoms. The van der Waals surface area contributed by atoms with E-state index in [1.165, 1.54) is 11.3 Å². The summed E-state index contributed by atoms with van der Waals surface area (Å²) < 4.78 is 7.07. The average Bonchev–Trinajstić information content (AvgIpc) is 2.80. The van der Waals surface area contributed by atoms with Crippen LogP contribution in [0.15, 0.2) is 28.4 Å². The number of aryl methyl sites for hydroxylation is 1. The Morgan fingerprint density at radius 3 is 2.86 bits per heavy atom. The molecule has 0 aliphatic carbocycles. The van der Waals surface area contributed by atoms with Crippen LogP contribution in [-0.4, -0.2) is 23.4 Å². The molecular formula is C16H17NO3S. The number of aliphatic hydroxyl groups is 1. The molecule has 0 amide bonds. The lowest BCUT2D eigenvalue weighted by molar-refractivity contribution is 0.305. The molecule has 5 heteroatoms. The monoisotopic (exact) mass is 303 g/mol. The number of hydrogen-bond donors (Lipinski definition) is 1. The first-order valence-corrected chi connectivity index (χ1v) is 7.45. The molecule has 0 aliphatic rings. The molecule has 0 unspecified atom stereocenters. The molecule has 4 nitrogen and oxygen atoms in total. The van der Waals surface area contributed by atoms with Gasteiger partial charge in [-0.2, -0.15) is 0 Å². The van der Waals surface area contributed by atoms with Gasteiger partial charge >= 0.3 is 4.87 Å². The van der Waals surface area contributed by atoms with Gasteiger partial charge in [0.1, 0.15) is 5.75 Å². The molecule has 2 aromatic rings. The lowest BCUT2D eigenvalue weighted by Gasteiger charge is -2.10. The van der Waals surface area contributed by atoms with Gasteiger partial charge in [0.25, 0.3) is 0 Å². The van der Waals surface area contributed by atoms with Crippen LogP contribution in [-0.2, 0) is 6.54 Å². The summed E-state index contributed by atoms with van der Waals surface area (Å²) >= 11 is 1.20. The molecule has 1 aromatic carbocycles. The van der Waals surface area contributed by atoms with E-state index in [0.29, 0.717) is 13.0 Å². The third-order valence-corrected chi connectivity index (χ3v) is 3.94. The van der Waals surface area contributed by atoms with Crippen LogP contribution in [0, 0.1) is 18.8 Å². The van der Waals surface area contributed by atoms with Crippen molar-refractivity contribution in [2.24, 2.45) is 0 Å². The smallest absolute Gasteiger partial charge is 0.307 e. The van der Waals surface area contributed by atoms with Crippen molar-refractivity contribution in [3.8, 4) is 17.6 Å². The Balaban J connectivity index is 2.35. The molecule has 2 rings (SSSR count). The topological polar surface area (TPSA) is 51.5 Å². The van der Waals surface area contributed by atoms with Crippen LogP contribution >= 0.6 is 11.3 Å². The Morgan fingerprint density at radius 2 is 2.24 bits per heavy atom. The SMILES string of the molecule is COc1ccc(C#CCCO)cc1Cn1c(C)csc1=O. The molecule has 0 atom stereocenters. The molecule has 0 spiro atoms. The van der Waals surface area contributed by atoms with Gasteiger partial charge in [0.05, 0.1) is 20.3 Å². The molecular weight excluding hydrogens is 286 g/mol. The normalized spacial score (nSPS) is 10.0. The van der Waals surface area contributed by atoms with Gasteiger partial charge in [0.2, 0.25) is 0 Å². The van der Waals surface area contributed by atoms with Crippen LogP contribution in [0.3, 0.4) is 0 Å². The predicted octanol–water partition coefficient (Wildman–Crippen LogP) is 2.01. The van der Waals surface area contributed by atoms with Crippen LogP contribution in [0.1, 0.15) is 23.2 Å². The van der Waals surface area contributed by atoms with Crippen LogP contribution in [0.4, 0.5) is 0 Å². The van der Waals surface area contributed by atoms with Gasteiger partial charge in [-0.15, -0.1) is 0 Å². The number of methoxy groups -OCH3 is 1. The number of aromatic nitrogens is 1. The first kappa shape index (κ1) is 15.4. The van der Waals surface area contributed by atoms with Crippen molar-refractivity contribution in [2.45, 2.75) is 19.9 Å². The Bertz CT molecular complexity index is 734. The summed E-state index contributed by atoms with van der Waals surface area (Å²) in [5, 5.41) is 10.6. The zero-order valence-electron chi connectivity index (χ0n) is 12.0. The van der Waals surface area contributed by atoms with Gasteiger partial charge in [-0.1, -0.05) is 23.2 Å². The highest BCUT2D eigenvalue weighted by Crippen LogP contribution is 2.21. The van der Waals surface area contributed by atoms with E-state index in [4.69, 9.17) is 9.84 Å². The van der Waals surface area contributed by atoms with Gasteiger partial charge in [-0.25, -0.2) is 0 Å². The molecule has 0 saturated heterocycles. The van der Waals surface area contributed by atoms with E-state index in [0.717, 1.165) is 22.6 Å². The fourth-order valence-electron chi connectivity index (χ4n) is 1.97. The van der Waals surface area contributed by atoms with Crippen molar-refractivity contribution in [1.29, 1.82) is 0 Å². The van der Waals surface area contributed by atoms with E-state index >= 15 is 0 Å². The Labute approximate surface area is 127 Å². The van der Waals surface area contributed by atoms with Gasteiger partial charge in [0.15, 0.2) is 0 Å². The maximum Gasteiger partial charge on any atom is 0.307 e. The second-order valence-corrected chi connectivity index (χ2v) is 5.35. The van der Waals surface area contributed by atoms with Crippen LogP contribution in [0.2, 0.25) is 0 Å². The fraction of sp³-hybridized carbons (Fsp3) is 0.312. The molecule has 0 radical (unpaired) electrons. The lowest BCUT2D eigenvalue weighted by atomic mass is 10.1. The highest BCUT2D eigenvalue weighted by atomic mass is 32.1. The van der Waals surface area contributed by atoms with Crippen molar-refractivity contribution >= 4 is 11.3 Å². The third kappa shape index (κ3) is 3.75. The average molecular weight is 303 g/mol. The Kier molecular flexibility index (Phi) is 5.20. The third-order valence-electron chi connectivity index (χ3n) is 3.05. The molecule has 1 N–H and O–H groups in total. The molecule has 0 fully saturated rings. The summed E-state index contributed by atoms with van der Waals surface area (Å²) in [6, 6.07) is 5.65. The Morgan fingerprint density at radius 1 is 1.43 bits per heavy atom. The molecule has 0 aliphatic heterocycles. The number of nitrogens with zero attached hydrogens (tertiary/aromatic N) is 1. The number of rotatable bonds is 4. The summed E-state index contributed by atoms with van der Waals surface area (Å²) in [5.41, 5.74) is 2.70. The van der Waals surface area contributed by atoms with Crippen molar-refractivity contribution in [2.75, 3.05) is 13.7 Å². The van der Waals surface area contributed by atoms with Crippen molar-refractivity contribution in [1.82, 2.24) is 4.57 Å². The maximum absolute atomic E-state index is 11.8. The Hall–Kier alpha value is -2.03. The van der Waals surface area contributed by atoms with Crippen molar-refractivity contribution in [3.05, 3.63) is 50.1 Å². The highest BCUT2D eigenvalue weighted by molar-refractivity contribution is 7.07. The summed E-state index contributed by atoms with van der Waals surface area (Å²) in [7, 11) is 1.61. The molecule has 0 saturated carbocycles. The van der Waals surface area contributed by atoms with E-state index in [1.807, 2.05) is 30.5 Å². The minimum atomic E-state index is 0.0197. The quantitative estimate of drug-likeness (QED) is 0.879. The van der Waals surface area contributed by atoms with Gasteiger partial charge < -0.3 is 9.84 Å². The molecule has 0 bridgehead atoms. The second kappa shape index (κ2) is 7.11. The van der Waals surface area contributed by atoms with E-state index in [2.05, 4.69) is 11.8 Å². The predicted molar refractivity (Wildman–Crippen MR) is 84.0 cm³/mol. The van der Waals surface area contributed by atoms with Gasteiger partial charge in [0, 0.05) is 28.6 Å². The number of hydrogen-bond acceptors (Lipinski definition) is 4. The number of thiazole rings is 1. The minimum Gasteiger partial charge on any atom is -0.496 e. The van der Waals surface area contributed by atoms with Gasteiger partial charge in [-0.3, -0.25) is 9.36 Å². The summed E-state index contributed by atoms with van der Waals surface area (Å²) in [6.07, 6.45) is 0.449. The largest absolute Gasteiger partial charge is 0.496 e. The van der Waals surface area contributed by atoms with E-state index < -0.39 is 0 Å². The second-order valence-electron chi connectivity index (χ2n) is 4.53. The number of benzene rings is 1. The number of aliphatic hydroxyl groups excluding tert-OH is 1. The van der Waals surface area contributed by atoms with Crippen LogP contribution in [0.5, 0.6) is 5.75 Å². The minimum absolute atomic E-state index is 0.0197. The molecule has 110 valence electrons. The summed E-state index contributed by atoms with van der Waals surface area (Å²) in [4.78, 5) is 11.8. The van der Waals surface area contributed by atoms with Crippen molar-refractivity contribution < 1.29 is 9.84 Å². The van der Waals surface area contributed by atoms with Crippen LogP contribution in [0.25, 0.3) is 0 Å². The standard InChI is InChI=1S/C16H17NO3S/c1-12-11-21-16(19)17(12)10-14-9-13(5-3-4-8-18)6-7-15(14)20-2/h6-7,9,11,18H,4,8,10H2,1-2H3. The lowest BCUT2D eigenvalue weighted by Crippen LogP contribution is -2.15. The molecule has 1 heterocycles. The van der Waals surface area contributed by atoms with E-state index in [9.17, 15) is 4.79 Å². The van der Waals surface area contributed by atoms with Gasteiger partial charge in [-0.05, 0) is 25.1 Å². The zero-order chi connectivity index (χ0) is 15.2. The first-order valence-electron chi connectivity index (χ1n) is 6.57. The van der Waals surface area contributed by atoms with Crippen LogP contribution < -0.4 is 9.61 Å². The molecule has 1 aromatic heterocycles. The number of ether oxygens (including phenoxy) is 1. The maximum atomic E-state index is 11.8. The van der Waals surface area contributed by atoms with Crippen molar-refractivity contribution in [3.63, 3.8) is 0 Å². The highest BCUT2D eigenvalue weighted by Gasteiger charge is 2.08. The zero-order valence-corrected chi connectivity index (χ0v) is 12.9. The first-order chi connectivity index (χ1) is 10.2. The summed E-state index contributed by atoms with van der Waals surface area (Å²) in [5.74, 6) is 6.62.